The second-order valence-electron chi connectivity index (χ2n) is 8.14. The van der Waals surface area contributed by atoms with Crippen molar-refractivity contribution in [1.29, 1.82) is 0 Å². The summed E-state index contributed by atoms with van der Waals surface area (Å²) >= 11 is -2.53. The lowest BCUT2D eigenvalue weighted by atomic mass is 9.87. The number of nitrogens with zero attached hydrogens (tertiary/aromatic N) is 1. The number of anilines is 1. The highest BCUT2D eigenvalue weighted by Gasteiger charge is 2.29. The predicted molar refractivity (Wildman–Crippen MR) is 129 cm³/mol. The lowest BCUT2D eigenvalue weighted by Gasteiger charge is -2.38. The Kier molecular flexibility index (Phi) is 7.09. The fourth-order valence-corrected chi connectivity index (χ4v) is 5.10. The summed E-state index contributed by atoms with van der Waals surface area (Å²) in [6, 6.07) is 19.4. The van der Waals surface area contributed by atoms with Crippen LogP contribution in [0.2, 0.25) is 0 Å². The highest BCUT2D eigenvalue weighted by Crippen LogP contribution is 2.41. The van der Waals surface area contributed by atoms with E-state index in [9.17, 15) is 18.4 Å². The number of carboxylic acids is 1. The average Bonchev–Trinajstić information content (AvgIpc) is 2.83. The maximum absolute atomic E-state index is 12.4. The molecule has 4 rings (SSSR count). The van der Waals surface area contributed by atoms with Gasteiger partial charge in [0.15, 0.2) is 12.4 Å². The Morgan fingerprint density at radius 2 is 1.71 bits per heavy atom. The highest BCUT2D eigenvalue weighted by atomic mass is 32.2. The summed E-state index contributed by atoms with van der Waals surface area (Å²) < 4.78 is 31.5. The first-order chi connectivity index (χ1) is 16.3. The number of Topliss-reactive ketones (excluding diaryl/α,β-unsaturated/α-hetero) is 1. The molecule has 2 atom stereocenters. The Bertz CT molecular complexity index is 1220. The van der Waals surface area contributed by atoms with Crippen LogP contribution >= 0.6 is 0 Å². The van der Waals surface area contributed by atoms with Gasteiger partial charge < -0.3 is 14.4 Å². The molecule has 7 nitrogen and oxygen atoms in total. The summed E-state index contributed by atoms with van der Waals surface area (Å²) in [5, 5.41) is 8.95. The molecule has 1 aliphatic carbocycles. The van der Waals surface area contributed by atoms with Gasteiger partial charge in [-0.1, -0.05) is 48.5 Å². The molecular weight excluding hydrogens is 454 g/mol. The number of aliphatic carboxylic acids is 1. The topological polar surface area (TPSA) is 107 Å². The first-order valence-corrected chi connectivity index (χ1v) is 11.9. The summed E-state index contributed by atoms with van der Waals surface area (Å²) in [6.45, 7) is 1.07. The minimum absolute atomic E-state index is 0.000235. The average molecular weight is 479 g/mol. The van der Waals surface area contributed by atoms with Crippen LogP contribution in [0.3, 0.4) is 0 Å². The summed E-state index contributed by atoms with van der Waals surface area (Å²) in [6.07, 6.45) is 2.08. The maximum atomic E-state index is 12.4. The Morgan fingerprint density at radius 3 is 2.29 bits per heavy atom. The number of hydrogen-bond donors (Lipinski definition) is 1. The lowest BCUT2D eigenvalue weighted by molar-refractivity contribution is -0.139. The molecule has 3 aromatic carbocycles. The van der Waals surface area contributed by atoms with Gasteiger partial charge in [-0.15, -0.1) is 0 Å². The second kappa shape index (κ2) is 10.2. The number of benzene rings is 3. The third-order valence-electron chi connectivity index (χ3n) is 5.97. The zero-order valence-corrected chi connectivity index (χ0v) is 19.4. The van der Waals surface area contributed by atoms with Gasteiger partial charge in [-0.2, -0.15) is 0 Å². The molecule has 1 N–H and O–H groups in total. The van der Waals surface area contributed by atoms with Crippen LogP contribution in [0.4, 0.5) is 5.69 Å². The van der Waals surface area contributed by atoms with Crippen molar-refractivity contribution in [2.45, 2.75) is 32.2 Å². The second-order valence-corrected chi connectivity index (χ2v) is 8.97. The lowest BCUT2D eigenvalue weighted by Crippen LogP contribution is -2.33. The van der Waals surface area contributed by atoms with Crippen LogP contribution in [0.25, 0.3) is 11.1 Å². The summed E-state index contributed by atoms with van der Waals surface area (Å²) in [5.74, 6) is -0.589. The molecule has 34 heavy (non-hydrogen) atoms. The number of rotatable bonds is 8. The van der Waals surface area contributed by atoms with Gasteiger partial charge in [-0.25, -0.2) is 4.79 Å². The fraction of sp³-hybridized carbons (Fsp3) is 0.231. The normalized spacial score (nSPS) is 15.8. The molecule has 0 radical (unpaired) electrons. The molecule has 3 aromatic rings. The van der Waals surface area contributed by atoms with Crippen LogP contribution in [-0.4, -0.2) is 32.2 Å². The van der Waals surface area contributed by atoms with Crippen LogP contribution in [0, 0.1) is 0 Å². The van der Waals surface area contributed by atoms with E-state index in [2.05, 4.69) is 0 Å². The molecule has 8 heteroatoms. The molecule has 0 bridgehead atoms. The minimum atomic E-state index is -2.53. The first-order valence-electron chi connectivity index (χ1n) is 10.9. The van der Waals surface area contributed by atoms with Crippen molar-refractivity contribution in [2.24, 2.45) is 0 Å². The highest BCUT2D eigenvalue weighted by molar-refractivity contribution is 7.80. The van der Waals surface area contributed by atoms with Crippen molar-refractivity contribution < 1.29 is 28.2 Å². The van der Waals surface area contributed by atoms with Crippen LogP contribution in [-0.2, 0) is 22.5 Å². The van der Waals surface area contributed by atoms with E-state index in [0.29, 0.717) is 29.8 Å². The Balaban J connectivity index is 1.63. The fourth-order valence-electron chi connectivity index (χ4n) is 4.38. The van der Waals surface area contributed by atoms with Crippen molar-refractivity contribution in [3.63, 3.8) is 0 Å². The van der Waals surface area contributed by atoms with E-state index >= 15 is 0 Å². The SMILES string of the molecule is CC(=O)c1ccc(-c2ccc(N(C3CCCc4c(OCC(=O)O)cccc43)S(=O)[O-])cc2)cc1. The number of hydrogen-bond acceptors (Lipinski definition) is 5. The van der Waals surface area contributed by atoms with Gasteiger partial charge in [0.25, 0.3) is 0 Å². The first kappa shape index (κ1) is 23.7. The van der Waals surface area contributed by atoms with Crippen LogP contribution in [0.1, 0.15) is 47.3 Å². The van der Waals surface area contributed by atoms with Gasteiger partial charge in [0, 0.05) is 22.5 Å². The molecule has 176 valence electrons. The van der Waals surface area contributed by atoms with Gasteiger partial charge in [0.05, 0.1) is 6.04 Å². The summed E-state index contributed by atoms with van der Waals surface area (Å²) in [4.78, 5) is 22.4. The third-order valence-corrected chi connectivity index (χ3v) is 6.76. The van der Waals surface area contributed by atoms with Crippen molar-refractivity contribution in [3.05, 3.63) is 83.4 Å². The molecular formula is C26H24NO6S-. The van der Waals surface area contributed by atoms with Gasteiger partial charge in [-0.05, 0) is 66.6 Å². The van der Waals surface area contributed by atoms with Crippen LogP contribution in [0.15, 0.2) is 66.7 Å². The smallest absolute Gasteiger partial charge is 0.341 e. The van der Waals surface area contributed by atoms with Crippen LogP contribution < -0.4 is 9.04 Å². The summed E-state index contributed by atoms with van der Waals surface area (Å²) in [7, 11) is 0. The van der Waals surface area contributed by atoms with E-state index in [-0.39, 0.29) is 5.78 Å². The zero-order valence-electron chi connectivity index (χ0n) is 18.6. The largest absolute Gasteiger partial charge is 0.755 e. The standard InChI is InChI=1S/C26H25NO6S/c1-17(28)18-8-10-19(11-9-18)20-12-14-21(15-13-20)27(34(31)32)24-6-2-5-23-22(24)4-3-7-25(23)33-16-26(29)30/h3-4,7-15,24H,2,5-6,16H2,1H3,(H,29,30)(H,31,32)/p-1. The van der Waals surface area contributed by atoms with E-state index in [1.54, 1.807) is 36.4 Å². The van der Waals surface area contributed by atoms with E-state index in [1.807, 2.05) is 30.3 Å². The van der Waals surface area contributed by atoms with Crippen molar-refractivity contribution >= 4 is 28.7 Å². The molecule has 0 heterocycles. The number of carbonyl (C=O) groups is 2. The monoisotopic (exact) mass is 478 g/mol. The van der Waals surface area contributed by atoms with E-state index in [4.69, 9.17) is 9.84 Å². The minimum Gasteiger partial charge on any atom is -0.755 e. The van der Waals surface area contributed by atoms with Gasteiger partial charge in [0.1, 0.15) is 5.75 Å². The Hall–Kier alpha value is -3.49. The number of ketones is 1. The number of carbonyl (C=O) groups excluding carboxylic acids is 1. The quantitative estimate of drug-likeness (QED) is 0.372. The predicted octanol–water partition coefficient (Wildman–Crippen LogP) is 4.70. The summed E-state index contributed by atoms with van der Waals surface area (Å²) in [5.41, 5.74) is 4.67. The zero-order chi connectivity index (χ0) is 24.2. The Morgan fingerprint density at radius 1 is 1.06 bits per heavy atom. The third kappa shape index (κ3) is 5.03. The molecule has 0 spiro atoms. The molecule has 0 saturated heterocycles. The van der Waals surface area contributed by atoms with E-state index in [1.165, 1.54) is 11.2 Å². The Labute approximate surface area is 200 Å². The maximum Gasteiger partial charge on any atom is 0.341 e. The van der Waals surface area contributed by atoms with Gasteiger partial charge in [0.2, 0.25) is 0 Å². The molecule has 0 aromatic heterocycles. The number of fused-ring (bicyclic) bond motifs is 1. The molecule has 0 amide bonds. The van der Waals surface area contributed by atoms with E-state index < -0.39 is 29.9 Å². The number of ether oxygens (including phenoxy) is 1. The molecule has 0 saturated carbocycles. The van der Waals surface area contributed by atoms with Gasteiger partial charge in [-0.3, -0.25) is 13.3 Å². The van der Waals surface area contributed by atoms with E-state index in [0.717, 1.165) is 28.7 Å². The number of carboxylic acid groups (broad SMARTS) is 1. The molecule has 2 unspecified atom stereocenters. The van der Waals surface area contributed by atoms with Crippen molar-refractivity contribution in [3.8, 4) is 16.9 Å². The van der Waals surface area contributed by atoms with Crippen molar-refractivity contribution in [2.75, 3.05) is 10.9 Å². The molecule has 0 aliphatic heterocycles. The van der Waals surface area contributed by atoms with Crippen molar-refractivity contribution in [1.82, 2.24) is 0 Å². The van der Waals surface area contributed by atoms with Crippen LogP contribution in [0.5, 0.6) is 5.75 Å². The molecule has 0 fully saturated rings. The van der Waals surface area contributed by atoms with Gasteiger partial charge >= 0.3 is 5.97 Å². The molecule has 1 aliphatic rings.